The van der Waals surface area contributed by atoms with Crippen molar-refractivity contribution < 1.29 is 0 Å². The van der Waals surface area contributed by atoms with Gasteiger partial charge in [-0.25, -0.2) is 0 Å². The van der Waals surface area contributed by atoms with E-state index in [0.717, 1.165) is 12.5 Å². The van der Waals surface area contributed by atoms with Crippen LogP contribution >= 0.6 is 0 Å². The molecule has 0 spiro atoms. The molecule has 1 saturated heterocycles. The van der Waals surface area contributed by atoms with Gasteiger partial charge in [-0.3, -0.25) is 0 Å². The molecule has 1 aromatic rings. The second-order valence-electron chi connectivity index (χ2n) is 5.93. The lowest BCUT2D eigenvalue weighted by molar-refractivity contribution is 0.150. The van der Waals surface area contributed by atoms with Crippen LogP contribution in [0.2, 0.25) is 0 Å². The van der Waals surface area contributed by atoms with Crippen LogP contribution in [0.1, 0.15) is 24.3 Å². The van der Waals surface area contributed by atoms with Gasteiger partial charge in [-0.2, -0.15) is 0 Å². The minimum absolute atomic E-state index is 0.747. The molecule has 0 aliphatic carbocycles. The van der Waals surface area contributed by atoms with Crippen molar-refractivity contribution in [1.29, 1.82) is 0 Å². The zero-order valence-electron chi connectivity index (χ0n) is 11.9. The van der Waals surface area contributed by atoms with Crippen molar-refractivity contribution in [2.45, 2.75) is 18.8 Å². The number of para-hydroxylation sites is 1. The topological polar surface area (TPSA) is 18.5 Å². The summed E-state index contributed by atoms with van der Waals surface area (Å²) in [7, 11) is 2.22. The van der Waals surface area contributed by atoms with Crippen LogP contribution in [0, 0.1) is 0 Å². The number of nitrogens with zero attached hydrogens (tertiary/aromatic N) is 2. The van der Waals surface area contributed by atoms with Crippen molar-refractivity contribution in [2.75, 3.05) is 51.6 Å². The molecule has 1 atom stereocenters. The predicted octanol–water partition coefficient (Wildman–Crippen LogP) is 2.22. The first-order valence-electron chi connectivity index (χ1n) is 7.56. The van der Waals surface area contributed by atoms with Crippen LogP contribution in [0.25, 0.3) is 0 Å². The Balaban J connectivity index is 1.56. The summed E-state index contributed by atoms with van der Waals surface area (Å²) in [6.07, 6.45) is 2.59. The Hall–Kier alpha value is -1.06. The van der Waals surface area contributed by atoms with Crippen molar-refractivity contribution >= 4 is 5.69 Å². The number of anilines is 1. The van der Waals surface area contributed by atoms with Crippen LogP contribution < -0.4 is 5.32 Å². The summed E-state index contributed by atoms with van der Waals surface area (Å²) in [5.41, 5.74) is 2.89. The molecule has 1 N–H and O–H groups in total. The fourth-order valence-electron chi connectivity index (χ4n) is 3.26. The highest BCUT2D eigenvalue weighted by Crippen LogP contribution is 2.33. The van der Waals surface area contributed by atoms with Gasteiger partial charge in [0, 0.05) is 38.4 Å². The normalized spacial score (nSPS) is 24.8. The average Bonchev–Trinajstić information content (AvgIpc) is 2.47. The third-order valence-corrected chi connectivity index (χ3v) is 4.60. The smallest absolute Gasteiger partial charge is 0.0375 e. The maximum absolute atomic E-state index is 3.52. The first-order chi connectivity index (χ1) is 9.33. The Kier molecular flexibility index (Phi) is 4.04. The van der Waals surface area contributed by atoms with E-state index in [4.69, 9.17) is 0 Å². The summed E-state index contributed by atoms with van der Waals surface area (Å²) < 4.78 is 0. The Morgan fingerprint density at radius 3 is 2.79 bits per heavy atom. The van der Waals surface area contributed by atoms with Crippen molar-refractivity contribution in [3.8, 4) is 0 Å². The Bertz CT molecular complexity index is 410. The average molecular weight is 259 g/mol. The second kappa shape index (κ2) is 5.93. The fourth-order valence-corrected chi connectivity index (χ4v) is 3.26. The number of piperazine rings is 1. The van der Waals surface area contributed by atoms with Gasteiger partial charge < -0.3 is 15.1 Å². The van der Waals surface area contributed by atoms with E-state index in [9.17, 15) is 0 Å². The van der Waals surface area contributed by atoms with Gasteiger partial charge in [0.25, 0.3) is 0 Å². The van der Waals surface area contributed by atoms with E-state index in [1.165, 1.54) is 56.8 Å². The van der Waals surface area contributed by atoms with Crippen LogP contribution in [0.3, 0.4) is 0 Å². The molecule has 19 heavy (non-hydrogen) atoms. The van der Waals surface area contributed by atoms with Crippen LogP contribution in [-0.2, 0) is 0 Å². The molecule has 3 heteroatoms. The van der Waals surface area contributed by atoms with Gasteiger partial charge in [-0.15, -0.1) is 0 Å². The van der Waals surface area contributed by atoms with Gasteiger partial charge in [0.2, 0.25) is 0 Å². The first-order valence-corrected chi connectivity index (χ1v) is 7.56. The molecule has 1 aromatic carbocycles. The summed E-state index contributed by atoms with van der Waals surface area (Å²) in [5, 5.41) is 3.52. The Labute approximate surface area is 116 Å². The van der Waals surface area contributed by atoms with Crippen molar-refractivity contribution in [3.63, 3.8) is 0 Å². The lowest BCUT2D eigenvalue weighted by atomic mass is 9.88. The number of nitrogens with one attached hydrogen (secondary N) is 1. The molecule has 3 nitrogen and oxygen atoms in total. The molecule has 0 radical (unpaired) electrons. The molecule has 0 amide bonds. The van der Waals surface area contributed by atoms with E-state index in [1.807, 2.05) is 0 Å². The number of likely N-dealkylation sites (N-methyl/N-ethyl adjacent to an activating group) is 1. The van der Waals surface area contributed by atoms with E-state index in [-0.39, 0.29) is 0 Å². The SMILES string of the molecule is CN1CCN(CCC2CCNc3ccccc32)CC1. The molecular formula is C16H25N3. The molecule has 2 heterocycles. The first kappa shape index (κ1) is 12.9. The summed E-state index contributed by atoms with van der Waals surface area (Å²) in [6, 6.07) is 8.83. The Morgan fingerprint density at radius 1 is 1.16 bits per heavy atom. The van der Waals surface area contributed by atoms with Gasteiger partial charge in [0.1, 0.15) is 0 Å². The lowest BCUT2D eigenvalue weighted by Gasteiger charge is -2.34. The summed E-state index contributed by atoms with van der Waals surface area (Å²) in [4.78, 5) is 5.06. The van der Waals surface area contributed by atoms with Crippen LogP contribution in [0.15, 0.2) is 24.3 Å². The lowest BCUT2D eigenvalue weighted by Crippen LogP contribution is -2.45. The minimum Gasteiger partial charge on any atom is -0.385 e. The number of rotatable bonds is 3. The van der Waals surface area contributed by atoms with Crippen LogP contribution in [0.5, 0.6) is 0 Å². The molecule has 1 unspecified atom stereocenters. The largest absolute Gasteiger partial charge is 0.385 e. The maximum atomic E-state index is 3.52. The number of hydrogen-bond acceptors (Lipinski definition) is 3. The molecule has 2 aliphatic rings. The maximum Gasteiger partial charge on any atom is 0.0375 e. The fraction of sp³-hybridized carbons (Fsp3) is 0.625. The summed E-state index contributed by atoms with van der Waals surface area (Å²) in [6.45, 7) is 7.31. The molecular weight excluding hydrogens is 234 g/mol. The molecule has 2 aliphatic heterocycles. The summed E-state index contributed by atoms with van der Waals surface area (Å²) in [5.74, 6) is 0.747. The molecule has 104 valence electrons. The molecule has 0 aromatic heterocycles. The monoisotopic (exact) mass is 259 g/mol. The van der Waals surface area contributed by atoms with Gasteiger partial charge in [0.15, 0.2) is 0 Å². The zero-order chi connectivity index (χ0) is 13.1. The van der Waals surface area contributed by atoms with Crippen LogP contribution in [-0.4, -0.2) is 56.1 Å². The standard InChI is InChI=1S/C16H25N3/c1-18-10-12-19(13-11-18)9-7-14-6-8-17-16-5-3-2-4-15(14)16/h2-5,14,17H,6-13H2,1H3. The number of hydrogen-bond donors (Lipinski definition) is 1. The number of fused-ring (bicyclic) bond motifs is 1. The van der Waals surface area contributed by atoms with Crippen molar-refractivity contribution in [2.24, 2.45) is 0 Å². The highest BCUT2D eigenvalue weighted by Gasteiger charge is 2.21. The van der Waals surface area contributed by atoms with Crippen LogP contribution in [0.4, 0.5) is 5.69 Å². The molecule has 0 saturated carbocycles. The predicted molar refractivity (Wildman–Crippen MR) is 80.8 cm³/mol. The quantitative estimate of drug-likeness (QED) is 0.898. The van der Waals surface area contributed by atoms with Gasteiger partial charge in [-0.05, 0) is 44.0 Å². The summed E-state index contributed by atoms with van der Waals surface area (Å²) >= 11 is 0. The second-order valence-corrected chi connectivity index (χ2v) is 5.93. The molecule has 0 bridgehead atoms. The van der Waals surface area contributed by atoms with E-state index < -0.39 is 0 Å². The van der Waals surface area contributed by atoms with E-state index >= 15 is 0 Å². The molecule has 1 fully saturated rings. The van der Waals surface area contributed by atoms with E-state index in [1.54, 1.807) is 0 Å². The highest BCUT2D eigenvalue weighted by molar-refractivity contribution is 5.54. The third-order valence-electron chi connectivity index (χ3n) is 4.60. The van der Waals surface area contributed by atoms with Crippen molar-refractivity contribution in [3.05, 3.63) is 29.8 Å². The van der Waals surface area contributed by atoms with E-state index in [0.29, 0.717) is 0 Å². The Morgan fingerprint density at radius 2 is 1.95 bits per heavy atom. The highest BCUT2D eigenvalue weighted by atomic mass is 15.2. The van der Waals surface area contributed by atoms with Gasteiger partial charge in [0.05, 0.1) is 0 Å². The van der Waals surface area contributed by atoms with Crippen molar-refractivity contribution in [1.82, 2.24) is 9.80 Å². The third kappa shape index (κ3) is 3.10. The zero-order valence-corrected chi connectivity index (χ0v) is 11.9. The van der Waals surface area contributed by atoms with E-state index in [2.05, 4.69) is 46.4 Å². The van der Waals surface area contributed by atoms with Gasteiger partial charge in [-0.1, -0.05) is 18.2 Å². The molecule has 3 rings (SSSR count). The minimum atomic E-state index is 0.747. The number of benzene rings is 1. The van der Waals surface area contributed by atoms with Gasteiger partial charge >= 0.3 is 0 Å².